The lowest BCUT2D eigenvalue weighted by Crippen LogP contribution is -2.07. The molecule has 96 valence electrons. The average molecular weight is 236 g/mol. The van der Waals surface area contributed by atoms with Crippen molar-refractivity contribution in [2.75, 3.05) is 0 Å². The van der Waals surface area contributed by atoms with Crippen LogP contribution in [0.4, 0.5) is 0 Å². The minimum Gasteiger partial charge on any atom is -0.300 e. The average Bonchev–Trinajstić information content (AvgIpc) is 2.73. The van der Waals surface area contributed by atoms with Crippen LogP contribution in [0.15, 0.2) is 12.3 Å². The summed E-state index contributed by atoms with van der Waals surface area (Å²) < 4.78 is 1.99. The quantitative estimate of drug-likeness (QED) is 0.727. The molecule has 1 atom stereocenters. The molecule has 0 N–H and O–H groups in total. The number of carbonyl (C=O) groups excluding carboxylic acids is 1. The van der Waals surface area contributed by atoms with Gasteiger partial charge < -0.3 is 0 Å². The molecule has 0 spiro atoms. The zero-order chi connectivity index (χ0) is 12.8. The molecule has 0 aliphatic carbocycles. The van der Waals surface area contributed by atoms with Crippen molar-refractivity contribution in [2.45, 2.75) is 59.4 Å². The summed E-state index contributed by atoms with van der Waals surface area (Å²) in [5.41, 5.74) is 1.03. The molecule has 1 heterocycles. The number of aryl methyl sites for hydroxylation is 1. The lowest BCUT2D eigenvalue weighted by Gasteiger charge is -2.08. The molecule has 3 nitrogen and oxygen atoms in total. The summed E-state index contributed by atoms with van der Waals surface area (Å²) in [7, 11) is 0. The molecule has 17 heavy (non-hydrogen) atoms. The van der Waals surface area contributed by atoms with Gasteiger partial charge in [-0.2, -0.15) is 5.10 Å². The van der Waals surface area contributed by atoms with Gasteiger partial charge in [0.15, 0.2) is 0 Å². The predicted molar refractivity (Wildman–Crippen MR) is 70.0 cm³/mol. The van der Waals surface area contributed by atoms with Gasteiger partial charge in [-0.1, -0.05) is 20.8 Å². The molecule has 0 amide bonds. The van der Waals surface area contributed by atoms with Crippen LogP contribution in [0, 0.1) is 5.92 Å². The van der Waals surface area contributed by atoms with E-state index in [9.17, 15) is 4.79 Å². The van der Waals surface area contributed by atoms with Crippen molar-refractivity contribution in [3.8, 4) is 0 Å². The highest BCUT2D eigenvalue weighted by Crippen LogP contribution is 2.11. The summed E-state index contributed by atoms with van der Waals surface area (Å²) in [6.07, 6.45) is 5.17. The van der Waals surface area contributed by atoms with E-state index >= 15 is 0 Å². The lowest BCUT2D eigenvalue weighted by atomic mass is 10.0. The van der Waals surface area contributed by atoms with Crippen LogP contribution < -0.4 is 0 Å². The Morgan fingerprint density at radius 1 is 1.41 bits per heavy atom. The smallest absolute Gasteiger partial charge is 0.133 e. The molecule has 0 radical (unpaired) electrons. The molecule has 0 saturated carbocycles. The Labute approximate surface area is 104 Å². The Morgan fingerprint density at radius 2 is 2.12 bits per heavy atom. The number of rotatable bonds is 7. The van der Waals surface area contributed by atoms with Gasteiger partial charge in [0.05, 0.1) is 5.69 Å². The van der Waals surface area contributed by atoms with Gasteiger partial charge in [-0.25, -0.2) is 0 Å². The van der Waals surface area contributed by atoms with E-state index in [0.29, 0.717) is 30.6 Å². The second-order valence-corrected chi connectivity index (χ2v) is 5.18. The number of nitrogens with zero attached hydrogens (tertiary/aromatic N) is 2. The Hall–Kier alpha value is -1.12. The summed E-state index contributed by atoms with van der Waals surface area (Å²) in [5.74, 6) is 0.804. The van der Waals surface area contributed by atoms with Crippen LogP contribution in [-0.4, -0.2) is 15.6 Å². The number of hydrogen-bond acceptors (Lipinski definition) is 2. The van der Waals surface area contributed by atoms with Gasteiger partial charge >= 0.3 is 0 Å². The van der Waals surface area contributed by atoms with E-state index in [-0.39, 0.29) is 0 Å². The van der Waals surface area contributed by atoms with Crippen LogP contribution in [0.25, 0.3) is 0 Å². The summed E-state index contributed by atoms with van der Waals surface area (Å²) >= 11 is 0. The molecule has 1 aromatic rings. The minimum atomic E-state index is 0.345. The first-order chi connectivity index (χ1) is 8.02. The van der Waals surface area contributed by atoms with Crippen LogP contribution in [-0.2, 0) is 11.2 Å². The summed E-state index contributed by atoms with van der Waals surface area (Å²) in [5, 5.41) is 4.50. The fourth-order valence-corrected chi connectivity index (χ4v) is 1.77. The van der Waals surface area contributed by atoms with Crippen LogP contribution in [0.1, 0.15) is 58.7 Å². The van der Waals surface area contributed by atoms with Crippen molar-refractivity contribution in [3.63, 3.8) is 0 Å². The fourth-order valence-electron chi connectivity index (χ4n) is 1.77. The van der Waals surface area contributed by atoms with Crippen molar-refractivity contribution in [2.24, 2.45) is 5.92 Å². The molecule has 0 fully saturated rings. The second kappa shape index (κ2) is 6.58. The van der Waals surface area contributed by atoms with Gasteiger partial charge in [0, 0.05) is 25.1 Å². The maximum atomic E-state index is 11.6. The van der Waals surface area contributed by atoms with Gasteiger partial charge in [-0.05, 0) is 31.7 Å². The topological polar surface area (TPSA) is 34.9 Å². The van der Waals surface area contributed by atoms with Crippen molar-refractivity contribution in [1.29, 1.82) is 0 Å². The molecule has 1 aromatic heterocycles. The first-order valence-electron chi connectivity index (χ1n) is 6.58. The zero-order valence-corrected chi connectivity index (χ0v) is 11.4. The maximum absolute atomic E-state index is 11.6. The van der Waals surface area contributed by atoms with Crippen LogP contribution in [0.3, 0.4) is 0 Å². The number of hydrogen-bond donors (Lipinski definition) is 0. The number of aromatic nitrogens is 2. The third-order valence-electron chi connectivity index (χ3n) is 3.00. The van der Waals surface area contributed by atoms with Gasteiger partial charge in [-0.3, -0.25) is 9.48 Å². The molecule has 1 rings (SSSR count). The Morgan fingerprint density at radius 3 is 2.71 bits per heavy atom. The molecule has 0 aliphatic rings. The zero-order valence-electron chi connectivity index (χ0n) is 11.4. The van der Waals surface area contributed by atoms with Crippen molar-refractivity contribution >= 4 is 5.78 Å². The standard InChI is InChI=1S/C14H24N2O/c1-5-12(4)16-9-8-13(15-16)6-7-14(17)10-11(2)3/h8-9,11-12H,5-7,10H2,1-4H3. The van der Waals surface area contributed by atoms with Crippen LogP contribution in [0.2, 0.25) is 0 Å². The van der Waals surface area contributed by atoms with E-state index in [1.54, 1.807) is 0 Å². The summed E-state index contributed by atoms with van der Waals surface area (Å²) in [6.45, 7) is 8.46. The second-order valence-electron chi connectivity index (χ2n) is 5.18. The molecule has 0 saturated heterocycles. The van der Waals surface area contributed by atoms with E-state index < -0.39 is 0 Å². The third-order valence-corrected chi connectivity index (χ3v) is 3.00. The van der Waals surface area contributed by atoms with Gasteiger partial charge in [0.25, 0.3) is 0 Å². The molecule has 0 aromatic carbocycles. The van der Waals surface area contributed by atoms with E-state index in [1.165, 1.54) is 0 Å². The van der Waals surface area contributed by atoms with E-state index in [2.05, 4.69) is 32.8 Å². The molecular formula is C14H24N2O. The highest BCUT2D eigenvalue weighted by molar-refractivity contribution is 5.78. The Balaban J connectivity index is 2.42. The minimum absolute atomic E-state index is 0.345. The molecular weight excluding hydrogens is 212 g/mol. The highest BCUT2D eigenvalue weighted by Gasteiger charge is 2.08. The molecule has 0 bridgehead atoms. The third kappa shape index (κ3) is 4.72. The highest BCUT2D eigenvalue weighted by atomic mass is 16.1. The van der Waals surface area contributed by atoms with Crippen molar-refractivity contribution < 1.29 is 4.79 Å². The molecule has 0 aliphatic heterocycles. The van der Waals surface area contributed by atoms with Gasteiger partial charge in [0.2, 0.25) is 0 Å². The number of Topliss-reactive ketones (excluding diaryl/α,β-unsaturated/α-hetero) is 1. The first kappa shape index (κ1) is 13.9. The summed E-state index contributed by atoms with van der Waals surface area (Å²) in [4.78, 5) is 11.6. The Bertz CT molecular complexity index is 355. The number of ketones is 1. The van der Waals surface area contributed by atoms with Crippen LogP contribution >= 0.6 is 0 Å². The van der Waals surface area contributed by atoms with Gasteiger partial charge in [0.1, 0.15) is 5.78 Å². The lowest BCUT2D eigenvalue weighted by molar-refractivity contribution is -0.119. The SMILES string of the molecule is CCC(C)n1ccc(CCC(=O)CC(C)C)n1. The first-order valence-corrected chi connectivity index (χ1v) is 6.58. The normalized spacial score (nSPS) is 13.0. The largest absolute Gasteiger partial charge is 0.300 e. The Kier molecular flexibility index (Phi) is 5.39. The molecule has 3 heteroatoms. The summed E-state index contributed by atoms with van der Waals surface area (Å²) in [6, 6.07) is 2.46. The predicted octanol–water partition coefficient (Wildman–Crippen LogP) is 3.40. The van der Waals surface area contributed by atoms with Crippen LogP contribution in [0.5, 0.6) is 0 Å². The van der Waals surface area contributed by atoms with Crippen molar-refractivity contribution in [3.05, 3.63) is 18.0 Å². The fraction of sp³-hybridized carbons (Fsp3) is 0.714. The molecule has 1 unspecified atom stereocenters. The van der Waals surface area contributed by atoms with Gasteiger partial charge in [-0.15, -0.1) is 0 Å². The number of carbonyl (C=O) groups is 1. The van der Waals surface area contributed by atoms with E-state index in [1.807, 2.05) is 16.9 Å². The van der Waals surface area contributed by atoms with E-state index in [4.69, 9.17) is 0 Å². The van der Waals surface area contributed by atoms with E-state index in [0.717, 1.165) is 18.5 Å². The maximum Gasteiger partial charge on any atom is 0.133 e. The monoisotopic (exact) mass is 236 g/mol. The van der Waals surface area contributed by atoms with Crippen molar-refractivity contribution in [1.82, 2.24) is 9.78 Å².